The third-order valence-corrected chi connectivity index (χ3v) is 4.39. The molecule has 1 aliphatic carbocycles. The van der Waals surface area contributed by atoms with Crippen LogP contribution in [-0.2, 0) is 12.1 Å². The van der Waals surface area contributed by atoms with Crippen LogP contribution in [0.25, 0.3) is 11.0 Å². The topological polar surface area (TPSA) is 17.8 Å². The van der Waals surface area contributed by atoms with Crippen molar-refractivity contribution in [3.63, 3.8) is 0 Å². The average molecular weight is 317 g/mol. The number of benzene rings is 1. The number of hydrogen-bond donors (Lipinski definition) is 0. The van der Waals surface area contributed by atoms with Gasteiger partial charge in [-0.05, 0) is 31.0 Å². The van der Waals surface area contributed by atoms with E-state index >= 15 is 0 Å². The number of fused-ring (bicyclic) bond motifs is 1. The van der Waals surface area contributed by atoms with Gasteiger partial charge in [-0.1, -0.05) is 19.3 Å². The van der Waals surface area contributed by atoms with Crippen molar-refractivity contribution in [2.45, 2.75) is 50.2 Å². The van der Waals surface area contributed by atoms with E-state index < -0.39 is 11.7 Å². The second kappa shape index (κ2) is 5.52. The number of nitrogens with zero attached hydrogens (tertiary/aromatic N) is 2. The zero-order chi connectivity index (χ0) is 15.0. The monoisotopic (exact) mass is 316 g/mol. The summed E-state index contributed by atoms with van der Waals surface area (Å²) in [6.45, 7) is 0. The summed E-state index contributed by atoms with van der Waals surface area (Å²) in [5.74, 6) is 0.880. The summed E-state index contributed by atoms with van der Waals surface area (Å²) in [4.78, 5) is 4.31. The molecule has 6 heteroatoms. The molecule has 0 N–H and O–H groups in total. The molecule has 0 radical (unpaired) electrons. The van der Waals surface area contributed by atoms with Crippen LogP contribution in [-0.4, -0.2) is 9.55 Å². The number of halogens is 4. The van der Waals surface area contributed by atoms with E-state index in [0.717, 1.165) is 43.3 Å². The van der Waals surface area contributed by atoms with Crippen LogP contribution in [0, 0.1) is 0 Å². The van der Waals surface area contributed by atoms with E-state index in [1.54, 1.807) is 0 Å². The molecule has 0 saturated heterocycles. The lowest BCUT2D eigenvalue weighted by Gasteiger charge is -2.25. The summed E-state index contributed by atoms with van der Waals surface area (Å²) in [6.07, 6.45) is 1.24. The van der Waals surface area contributed by atoms with Gasteiger partial charge in [-0.3, -0.25) is 0 Å². The van der Waals surface area contributed by atoms with Crippen LogP contribution < -0.4 is 0 Å². The Bertz CT molecular complexity index is 642. The van der Waals surface area contributed by atoms with Gasteiger partial charge < -0.3 is 4.57 Å². The van der Waals surface area contributed by atoms with Gasteiger partial charge in [0, 0.05) is 6.04 Å². The van der Waals surface area contributed by atoms with Gasteiger partial charge in [0.15, 0.2) is 0 Å². The van der Waals surface area contributed by atoms with Crippen molar-refractivity contribution in [3.8, 4) is 0 Å². The summed E-state index contributed by atoms with van der Waals surface area (Å²) in [5, 5.41) is 0. The van der Waals surface area contributed by atoms with Crippen LogP contribution in [0.3, 0.4) is 0 Å². The smallest absolute Gasteiger partial charge is 0.324 e. The molecule has 0 bridgehead atoms. The van der Waals surface area contributed by atoms with Gasteiger partial charge >= 0.3 is 6.18 Å². The maximum absolute atomic E-state index is 12.8. The zero-order valence-electron chi connectivity index (χ0n) is 11.5. The predicted molar refractivity (Wildman–Crippen MR) is 76.4 cm³/mol. The Morgan fingerprint density at radius 2 is 1.90 bits per heavy atom. The Balaban J connectivity index is 2.10. The molecule has 3 rings (SSSR count). The van der Waals surface area contributed by atoms with E-state index in [4.69, 9.17) is 11.6 Å². The molecule has 114 valence electrons. The fourth-order valence-corrected chi connectivity index (χ4v) is 3.35. The molecule has 0 amide bonds. The maximum Gasteiger partial charge on any atom is 0.416 e. The van der Waals surface area contributed by atoms with Gasteiger partial charge in [-0.25, -0.2) is 4.98 Å². The Morgan fingerprint density at radius 3 is 2.52 bits per heavy atom. The van der Waals surface area contributed by atoms with E-state index in [1.165, 1.54) is 12.5 Å². The molecule has 1 heterocycles. The van der Waals surface area contributed by atoms with Crippen LogP contribution in [0.15, 0.2) is 18.2 Å². The molecule has 1 saturated carbocycles. The standard InChI is InChI=1S/C15H16ClF3N2/c16-9-14-20-12-8-10(15(17,18)19)6-7-13(12)21(14)11-4-2-1-3-5-11/h6-8,11H,1-5,9H2. The van der Waals surface area contributed by atoms with Crippen molar-refractivity contribution in [2.75, 3.05) is 0 Å². The highest BCUT2D eigenvalue weighted by molar-refractivity contribution is 6.16. The Labute approximate surface area is 125 Å². The van der Waals surface area contributed by atoms with Crippen LogP contribution in [0.4, 0.5) is 13.2 Å². The van der Waals surface area contributed by atoms with Crippen molar-refractivity contribution < 1.29 is 13.2 Å². The van der Waals surface area contributed by atoms with Gasteiger partial charge in [-0.2, -0.15) is 13.2 Å². The van der Waals surface area contributed by atoms with Crippen LogP contribution in [0.1, 0.15) is 49.5 Å². The molecule has 21 heavy (non-hydrogen) atoms. The highest BCUT2D eigenvalue weighted by Crippen LogP contribution is 2.35. The molecular weight excluding hydrogens is 301 g/mol. The molecule has 1 aromatic carbocycles. The largest absolute Gasteiger partial charge is 0.416 e. The highest BCUT2D eigenvalue weighted by Gasteiger charge is 2.31. The second-order valence-electron chi connectivity index (χ2n) is 5.52. The first-order valence-corrected chi connectivity index (χ1v) is 7.68. The Kier molecular flexibility index (Phi) is 3.86. The molecule has 1 aromatic heterocycles. The van der Waals surface area contributed by atoms with Gasteiger partial charge in [0.1, 0.15) is 5.82 Å². The predicted octanol–water partition coefficient (Wildman–Crippen LogP) is 5.30. The average Bonchev–Trinajstić information content (AvgIpc) is 2.84. The van der Waals surface area contributed by atoms with E-state index in [9.17, 15) is 13.2 Å². The minimum atomic E-state index is -4.34. The summed E-state index contributed by atoms with van der Waals surface area (Å²) >= 11 is 5.95. The van der Waals surface area contributed by atoms with E-state index in [-0.39, 0.29) is 5.88 Å². The molecular formula is C15H16ClF3N2. The summed E-state index contributed by atoms with van der Waals surface area (Å²) < 4.78 is 40.4. The first-order chi connectivity index (χ1) is 10.0. The third kappa shape index (κ3) is 2.76. The normalized spacial score (nSPS) is 17.5. The van der Waals surface area contributed by atoms with Gasteiger partial charge in [0.05, 0.1) is 22.5 Å². The number of alkyl halides is 4. The second-order valence-corrected chi connectivity index (χ2v) is 5.79. The first-order valence-electron chi connectivity index (χ1n) is 7.14. The molecule has 0 atom stereocenters. The minimum Gasteiger partial charge on any atom is -0.324 e. The lowest BCUT2D eigenvalue weighted by molar-refractivity contribution is -0.137. The molecule has 2 nitrogen and oxygen atoms in total. The Hall–Kier alpha value is -1.23. The highest BCUT2D eigenvalue weighted by atomic mass is 35.5. The van der Waals surface area contributed by atoms with Gasteiger partial charge in [-0.15, -0.1) is 11.6 Å². The van der Waals surface area contributed by atoms with Gasteiger partial charge in [0.25, 0.3) is 0 Å². The Morgan fingerprint density at radius 1 is 1.19 bits per heavy atom. The number of aromatic nitrogens is 2. The fourth-order valence-electron chi connectivity index (χ4n) is 3.17. The van der Waals surface area contributed by atoms with Crippen molar-refractivity contribution in [1.82, 2.24) is 9.55 Å². The SMILES string of the molecule is FC(F)(F)c1ccc2c(c1)nc(CCl)n2C1CCCCC1. The summed E-state index contributed by atoms with van der Waals surface area (Å²) in [6, 6.07) is 4.07. The molecule has 1 fully saturated rings. The number of rotatable bonds is 2. The fraction of sp³-hybridized carbons (Fsp3) is 0.533. The van der Waals surface area contributed by atoms with Crippen molar-refractivity contribution >= 4 is 22.6 Å². The maximum atomic E-state index is 12.8. The molecule has 0 aliphatic heterocycles. The summed E-state index contributed by atoms with van der Waals surface area (Å²) in [7, 11) is 0. The van der Waals surface area contributed by atoms with Crippen molar-refractivity contribution in [1.29, 1.82) is 0 Å². The van der Waals surface area contributed by atoms with E-state index in [0.29, 0.717) is 17.4 Å². The lowest BCUT2D eigenvalue weighted by Crippen LogP contribution is -2.15. The van der Waals surface area contributed by atoms with Crippen molar-refractivity contribution in [2.24, 2.45) is 0 Å². The number of imidazole rings is 1. The third-order valence-electron chi connectivity index (χ3n) is 4.15. The minimum absolute atomic E-state index is 0.215. The van der Waals surface area contributed by atoms with E-state index in [2.05, 4.69) is 4.98 Å². The zero-order valence-corrected chi connectivity index (χ0v) is 12.2. The van der Waals surface area contributed by atoms with E-state index in [1.807, 2.05) is 4.57 Å². The molecule has 2 aromatic rings. The van der Waals surface area contributed by atoms with Crippen molar-refractivity contribution in [3.05, 3.63) is 29.6 Å². The van der Waals surface area contributed by atoms with Crippen LogP contribution >= 0.6 is 11.6 Å². The van der Waals surface area contributed by atoms with Crippen LogP contribution in [0.5, 0.6) is 0 Å². The molecule has 1 aliphatic rings. The molecule has 0 unspecified atom stereocenters. The molecule has 0 spiro atoms. The lowest BCUT2D eigenvalue weighted by atomic mass is 9.95. The quantitative estimate of drug-likeness (QED) is 0.687. The first kappa shape index (κ1) is 14.7. The van der Waals surface area contributed by atoms with Crippen LogP contribution in [0.2, 0.25) is 0 Å². The van der Waals surface area contributed by atoms with Gasteiger partial charge in [0.2, 0.25) is 0 Å². The number of hydrogen-bond acceptors (Lipinski definition) is 1. The summed E-state index contributed by atoms with van der Waals surface area (Å²) in [5.41, 5.74) is 0.473.